The van der Waals surface area contributed by atoms with Crippen LogP contribution in [0.15, 0.2) is 54.9 Å². The van der Waals surface area contributed by atoms with Gasteiger partial charge in [0, 0.05) is 42.3 Å². The Hall–Kier alpha value is -2.95. The molecule has 0 amide bonds. The van der Waals surface area contributed by atoms with Crippen molar-refractivity contribution in [2.75, 3.05) is 19.1 Å². The van der Waals surface area contributed by atoms with E-state index in [9.17, 15) is 0 Å². The summed E-state index contributed by atoms with van der Waals surface area (Å²) in [6.45, 7) is 4.17. The number of rotatable bonds is 6. The zero-order valence-electron chi connectivity index (χ0n) is 15.7. The Balaban J connectivity index is 2.00. The lowest BCUT2D eigenvalue weighted by molar-refractivity contribution is 0.404. The number of hydrogen-bond donors (Lipinski definition) is 0. The van der Waals surface area contributed by atoms with E-state index in [0.717, 1.165) is 34.8 Å². The molecule has 0 unspecified atom stereocenters. The van der Waals surface area contributed by atoms with Crippen LogP contribution in [0.1, 0.15) is 30.6 Å². The number of methoxy groups -OCH3 is 1. The maximum atomic E-state index is 5.56. The molecule has 0 radical (unpaired) electrons. The summed E-state index contributed by atoms with van der Waals surface area (Å²) in [5.74, 6) is 2.50. The van der Waals surface area contributed by atoms with Gasteiger partial charge in [-0.25, -0.2) is 9.97 Å². The average Bonchev–Trinajstić information content (AvgIpc) is 2.69. The lowest BCUT2D eigenvalue weighted by Gasteiger charge is -2.30. The van der Waals surface area contributed by atoms with Crippen LogP contribution in [0, 0.1) is 6.92 Å². The van der Waals surface area contributed by atoms with Crippen molar-refractivity contribution in [2.24, 2.45) is 0 Å². The monoisotopic (exact) mass is 348 g/mol. The third-order valence-corrected chi connectivity index (χ3v) is 4.49. The van der Waals surface area contributed by atoms with Gasteiger partial charge in [-0.15, -0.1) is 0 Å². The minimum absolute atomic E-state index is 0.158. The molecule has 26 heavy (non-hydrogen) atoms. The van der Waals surface area contributed by atoms with Crippen LogP contribution in [-0.4, -0.2) is 29.1 Å². The zero-order valence-corrected chi connectivity index (χ0v) is 15.7. The van der Waals surface area contributed by atoms with Crippen LogP contribution >= 0.6 is 0 Å². The first-order valence-corrected chi connectivity index (χ1v) is 8.75. The van der Waals surface area contributed by atoms with E-state index in [2.05, 4.69) is 34.9 Å². The molecular formula is C21H24N4O. The molecule has 2 heterocycles. The molecule has 0 aliphatic rings. The number of pyridine rings is 1. The summed E-state index contributed by atoms with van der Waals surface area (Å²) in [5.41, 5.74) is 3.05. The van der Waals surface area contributed by atoms with Crippen LogP contribution in [0.25, 0.3) is 11.4 Å². The van der Waals surface area contributed by atoms with Crippen LogP contribution in [0.4, 0.5) is 5.82 Å². The number of aromatic nitrogens is 3. The Labute approximate surface area is 154 Å². The highest BCUT2D eigenvalue weighted by Crippen LogP contribution is 2.33. The maximum Gasteiger partial charge on any atom is 0.161 e. The van der Waals surface area contributed by atoms with Crippen molar-refractivity contribution in [3.8, 4) is 17.1 Å². The van der Waals surface area contributed by atoms with Crippen molar-refractivity contribution in [3.63, 3.8) is 0 Å². The maximum absolute atomic E-state index is 5.56. The minimum Gasteiger partial charge on any atom is -0.496 e. The van der Waals surface area contributed by atoms with Gasteiger partial charge in [0.25, 0.3) is 0 Å². The fourth-order valence-electron chi connectivity index (χ4n) is 3.17. The lowest BCUT2D eigenvalue weighted by atomic mass is 10.0. The number of ether oxygens (including phenoxy) is 1. The minimum atomic E-state index is 0.158. The van der Waals surface area contributed by atoms with E-state index in [1.807, 2.05) is 43.3 Å². The molecule has 1 aromatic carbocycles. The fraction of sp³-hybridized carbons (Fsp3) is 0.286. The van der Waals surface area contributed by atoms with Gasteiger partial charge in [0.05, 0.1) is 13.2 Å². The van der Waals surface area contributed by atoms with Crippen molar-refractivity contribution in [2.45, 2.75) is 26.3 Å². The summed E-state index contributed by atoms with van der Waals surface area (Å²) < 4.78 is 5.56. The van der Waals surface area contributed by atoms with Gasteiger partial charge in [-0.1, -0.05) is 25.1 Å². The molecule has 3 aromatic rings. The number of hydrogen-bond acceptors (Lipinski definition) is 5. The van der Waals surface area contributed by atoms with Crippen LogP contribution in [-0.2, 0) is 0 Å². The molecule has 0 spiro atoms. The van der Waals surface area contributed by atoms with Crippen molar-refractivity contribution in [3.05, 3.63) is 66.1 Å². The van der Waals surface area contributed by atoms with Crippen LogP contribution in [0.5, 0.6) is 5.75 Å². The smallest absolute Gasteiger partial charge is 0.161 e. The topological polar surface area (TPSA) is 51.1 Å². The predicted molar refractivity (Wildman–Crippen MR) is 104 cm³/mol. The SMILES string of the molecule is CC[C@H](c1ccccc1OC)N(C)c1cc(C)nc(-c2ccncc2)n1. The van der Waals surface area contributed by atoms with E-state index in [0.29, 0.717) is 5.82 Å². The molecule has 0 aliphatic heterocycles. The van der Waals surface area contributed by atoms with Crippen molar-refractivity contribution < 1.29 is 4.74 Å². The molecule has 134 valence electrons. The van der Waals surface area contributed by atoms with E-state index in [-0.39, 0.29) is 6.04 Å². The van der Waals surface area contributed by atoms with E-state index < -0.39 is 0 Å². The highest BCUT2D eigenvalue weighted by molar-refractivity contribution is 5.57. The van der Waals surface area contributed by atoms with Gasteiger partial charge in [-0.05, 0) is 31.5 Å². The van der Waals surface area contributed by atoms with E-state index >= 15 is 0 Å². The second-order valence-corrected chi connectivity index (χ2v) is 6.20. The van der Waals surface area contributed by atoms with Crippen molar-refractivity contribution >= 4 is 5.82 Å². The summed E-state index contributed by atoms with van der Waals surface area (Å²) in [5, 5.41) is 0. The van der Waals surface area contributed by atoms with E-state index in [1.165, 1.54) is 0 Å². The Morgan fingerprint density at radius 3 is 2.50 bits per heavy atom. The molecule has 5 nitrogen and oxygen atoms in total. The summed E-state index contributed by atoms with van der Waals surface area (Å²) >= 11 is 0. The van der Waals surface area contributed by atoms with Gasteiger partial charge < -0.3 is 9.64 Å². The third-order valence-electron chi connectivity index (χ3n) is 4.49. The molecule has 3 rings (SSSR count). The molecule has 2 aromatic heterocycles. The number of anilines is 1. The fourth-order valence-corrected chi connectivity index (χ4v) is 3.17. The largest absolute Gasteiger partial charge is 0.496 e. The standard InChI is InChI=1S/C21H24N4O/c1-5-18(17-8-6-7-9-19(17)26-4)25(3)20-14-15(2)23-21(24-20)16-10-12-22-13-11-16/h6-14,18H,5H2,1-4H3/t18-/m1/s1. The Kier molecular flexibility index (Phi) is 5.46. The molecular weight excluding hydrogens is 324 g/mol. The third kappa shape index (κ3) is 3.67. The number of para-hydroxylation sites is 1. The van der Waals surface area contributed by atoms with E-state index in [4.69, 9.17) is 9.72 Å². The first-order chi connectivity index (χ1) is 12.6. The van der Waals surface area contributed by atoms with Gasteiger partial charge in [0.15, 0.2) is 5.82 Å². The molecule has 1 atom stereocenters. The zero-order chi connectivity index (χ0) is 18.5. The summed E-state index contributed by atoms with van der Waals surface area (Å²) in [6, 6.07) is 14.2. The molecule has 0 saturated carbocycles. The molecule has 0 saturated heterocycles. The summed E-state index contributed by atoms with van der Waals surface area (Å²) in [6.07, 6.45) is 4.45. The van der Waals surface area contributed by atoms with Gasteiger partial charge >= 0.3 is 0 Å². The molecule has 0 N–H and O–H groups in total. The van der Waals surface area contributed by atoms with Crippen LogP contribution in [0.3, 0.4) is 0 Å². The second-order valence-electron chi connectivity index (χ2n) is 6.20. The number of nitrogens with zero attached hydrogens (tertiary/aromatic N) is 4. The van der Waals surface area contributed by atoms with E-state index in [1.54, 1.807) is 19.5 Å². The molecule has 5 heteroatoms. The summed E-state index contributed by atoms with van der Waals surface area (Å²) in [7, 11) is 3.78. The van der Waals surface area contributed by atoms with Gasteiger partial charge in [0.1, 0.15) is 11.6 Å². The first kappa shape index (κ1) is 17.9. The average molecular weight is 348 g/mol. The normalized spacial score (nSPS) is 11.8. The summed E-state index contributed by atoms with van der Waals surface area (Å²) in [4.78, 5) is 15.7. The van der Waals surface area contributed by atoms with Gasteiger partial charge in [-0.3, -0.25) is 4.98 Å². The Morgan fingerprint density at radius 2 is 1.81 bits per heavy atom. The van der Waals surface area contributed by atoms with Crippen LogP contribution < -0.4 is 9.64 Å². The van der Waals surface area contributed by atoms with Crippen molar-refractivity contribution in [1.29, 1.82) is 0 Å². The van der Waals surface area contributed by atoms with Gasteiger partial charge in [-0.2, -0.15) is 0 Å². The first-order valence-electron chi connectivity index (χ1n) is 8.75. The lowest BCUT2D eigenvalue weighted by Crippen LogP contribution is -2.25. The second kappa shape index (κ2) is 7.95. The number of aryl methyl sites for hydroxylation is 1. The highest BCUT2D eigenvalue weighted by atomic mass is 16.5. The molecule has 0 bridgehead atoms. The Bertz CT molecular complexity index is 867. The highest BCUT2D eigenvalue weighted by Gasteiger charge is 2.21. The van der Waals surface area contributed by atoms with Crippen LogP contribution in [0.2, 0.25) is 0 Å². The number of benzene rings is 1. The predicted octanol–water partition coefficient (Wildman–Crippen LogP) is 4.44. The van der Waals surface area contributed by atoms with Crippen molar-refractivity contribution in [1.82, 2.24) is 15.0 Å². The van der Waals surface area contributed by atoms with Gasteiger partial charge in [0.2, 0.25) is 0 Å². The quantitative estimate of drug-likeness (QED) is 0.659. The Morgan fingerprint density at radius 1 is 1.08 bits per heavy atom. The molecule has 0 aliphatic carbocycles. The molecule has 0 fully saturated rings.